The van der Waals surface area contributed by atoms with Gasteiger partial charge >= 0.3 is 0 Å². The topological polar surface area (TPSA) is 49.4 Å². The van der Waals surface area contributed by atoms with Gasteiger partial charge in [-0.1, -0.05) is 74.9 Å². The predicted molar refractivity (Wildman–Crippen MR) is 123 cm³/mol. The maximum absolute atomic E-state index is 13.4. The zero-order valence-corrected chi connectivity index (χ0v) is 19.1. The Balaban J connectivity index is 2.22. The molecule has 0 heterocycles. The average Bonchev–Trinajstić information content (AvgIpc) is 2.72. The Kier molecular flexibility index (Phi) is 9.10. The summed E-state index contributed by atoms with van der Waals surface area (Å²) in [4.78, 5) is 28.1. The molecule has 2 aromatic rings. The number of nitrogens with one attached hydrogen (secondary N) is 1. The second kappa shape index (κ2) is 11.5. The van der Waals surface area contributed by atoms with Crippen molar-refractivity contribution in [3.8, 4) is 0 Å². The second-order valence-corrected chi connectivity index (χ2v) is 8.49. The fourth-order valence-corrected chi connectivity index (χ4v) is 3.57. The van der Waals surface area contributed by atoms with Crippen molar-refractivity contribution < 1.29 is 9.59 Å². The number of aryl methyl sites for hydroxylation is 2. The van der Waals surface area contributed by atoms with Gasteiger partial charge in [-0.15, -0.1) is 0 Å². The first-order valence-electron chi connectivity index (χ1n) is 11.0. The molecule has 1 atom stereocenters. The monoisotopic (exact) mass is 408 g/mol. The number of benzene rings is 2. The van der Waals surface area contributed by atoms with Crippen LogP contribution < -0.4 is 5.32 Å². The molecular formula is C26H36N2O2. The lowest BCUT2D eigenvalue weighted by molar-refractivity contribution is -0.140. The SMILES string of the molecule is CCC(C(=O)NCC(C)C)N(CCc1ccccc1)C(=O)Cc1cc(C)ccc1C. The van der Waals surface area contributed by atoms with Crippen LogP contribution in [0.25, 0.3) is 0 Å². The van der Waals surface area contributed by atoms with Crippen LogP contribution in [-0.4, -0.2) is 35.8 Å². The highest BCUT2D eigenvalue weighted by molar-refractivity contribution is 5.88. The van der Waals surface area contributed by atoms with E-state index < -0.39 is 6.04 Å². The van der Waals surface area contributed by atoms with Crippen molar-refractivity contribution >= 4 is 11.8 Å². The molecule has 1 unspecified atom stereocenters. The van der Waals surface area contributed by atoms with Gasteiger partial charge in [0.05, 0.1) is 6.42 Å². The summed E-state index contributed by atoms with van der Waals surface area (Å²) in [5.41, 5.74) is 4.44. The zero-order chi connectivity index (χ0) is 22.1. The molecule has 0 aliphatic carbocycles. The third-order valence-electron chi connectivity index (χ3n) is 5.40. The fraction of sp³-hybridized carbons (Fsp3) is 0.462. The molecule has 2 rings (SSSR count). The van der Waals surface area contributed by atoms with E-state index in [1.807, 2.05) is 39.0 Å². The molecule has 2 aromatic carbocycles. The number of nitrogens with zero attached hydrogens (tertiary/aromatic N) is 1. The van der Waals surface area contributed by atoms with Crippen LogP contribution in [0.3, 0.4) is 0 Å². The summed E-state index contributed by atoms with van der Waals surface area (Å²) in [5.74, 6) is 0.314. The Morgan fingerprint density at radius 3 is 2.37 bits per heavy atom. The molecule has 30 heavy (non-hydrogen) atoms. The normalized spacial score (nSPS) is 11.9. The highest BCUT2D eigenvalue weighted by Gasteiger charge is 2.28. The Labute approximate surface area is 181 Å². The van der Waals surface area contributed by atoms with Crippen LogP contribution in [0, 0.1) is 19.8 Å². The maximum atomic E-state index is 13.4. The van der Waals surface area contributed by atoms with E-state index in [9.17, 15) is 9.59 Å². The quantitative estimate of drug-likeness (QED) is 0.631. The van der Waals surface area contributed by atoms with Crippen LogP contribution in [0.1, 0.15) is 49.4 Å². The van der Waals surface area contributed by atoms with Crippen LogP contribution in [0.15, 0.2) is 48.5 Å². The van der Waals surface area contributed by atoms with Gasteiger partial charge in [0.2, 0.25) is 11.8 Å². The largest absolute Gasteiger partial charge is 0.354 e. The van der Waals surface area contributed by atoms with Crippen molar-refractivity contribution in [1.29, 1.82) is 0 Å². The van der Waals surface area contributed by atoms with Gasteiger partial charge in [-0.3, -0.25) is 9.59 Å². The third kappa shape index (κ3) is 7.01. The van der Waals surface area contributed by atoms with Gasteiger partial charge in [0.25, 0.3) is 0 Å². The van der Waals surface area contributed by atoms with E-state index in [4.69, 9.17) is 0 Å². The highest BCUT2D eigenvalue weighted by atomic mass is 16.2. The third-order valence-corrected chi connectivity index (χ3v) is 5.40. The molecule has 0 saturated heterocycles. The van der Waals surface area contributed by atoms with Crippen molar-refractivity contribution in [2.24, 2.45) is 5.92 Å². The summed E-state index contributed by atoms with van der Waals surface area (Å²) >= 11 is 0. The van der Waals surface area contributed by atoms with E-state index in [2.05, 4.69) is 49.5 Å². The number of rotatable bonds is 10. The molecule has 4 nitrogen and oxygen atoms in total. The van der Waals surface area contributed by atoms with E-state index >= 15 is 0 Å². The van der Waals surface area contributed by atoms with Gasteiger partial charge in [-0.25, -0.2) is 0 Å². The number of hydrogen-bond donors (Lipinski definition) is 1. The highest BCUT2D eigenvalue weighted by Crippen LogP contribution is 2.16. The fourth-order valence-electron chi connectivity index (χ4n) is 3.57. The number of carbonyl (C=O) groups excluding carboxylic acids is 2. The molecular weight excluding hydrogens is 372 g/mol. The van der Waals surface area contributed by atoms with Crippen molar-refractivity contribution in [3.63, 3.8) is 0 Å². The van der Waals surface area contributed by atoms with Gasteiger partial charge < -0.3 is 10.2 Å². The first-order chi connectivity index (χ1) is 14.3. The van der Waals surface area contributed by atoms with Crippen molar-refractivity contribution in [2.75, 3.05) is 13.1 Å². The first-order valence-corrected chi connectivity index (χ1v) is 11.0. The molecule has 0 aromatic heterocycles. The summed E-state index contributed by atoms with van der Waals surface area (Å²) in [5, 5.41) is 3.02. The van der Waals surface area contributed by atoms with Crippen LogP contribution in [-0.2, 0) is 22.4 Å². The molecule has 0 bridgehead atoms. The van der Waals surface area contributed by atoms with E-state index in [-0.39, 0.29) is 11.8 Å². The maximum Gasteiger partial charge on any atom is 0.242 e. The Morgan fingerprint density at radius 2 is 1.73 bits per heavy atom. The number of carbonyl (C=O) groups is 2. The lowest BCUT2D eigenvalue weighted by atomic mass is 10.0. The van der Waals surface area contributed by atoms with Gasteiger partial charge in [-0.05, 0) is 49.3 Å². The summed E-state index contributed by atoms with van der Waals surface area (Å²) < 4.78 is 0. The van der Waals surface area contributed by atoms with Crippen molar-refractivity contribution in [2.45, 2.75) is 59.9 Å². The Bertz CT molecular complexity index is 830. The van der Waals surface area contributed by atoms with Crippen molar-refractivity contribution in [3.05, 3.63) is 70.8 Å². The molecule has 0 aliphatic rings. The smallest absolute Gasteiger partial charge is 0.242 e. The molecule has 0 aliphatic heterocycles. The van der Waals surface area contributed by atoms with E-state index in [0.717, 1.165) is 23.1 Å². The summed E-state index contributed by atoms with van der Waals surface area (Å²) in [7, 11) is 0. The standard InChI is InChI=1S/C26H36N2O2/c1-6-24(26(30)27-18-19(2)3)28(15-14-22-10-8-7-9-11-22)25(29)17-23-16-20(4)12-13-21(23)5/h7-13,16,19,24H,6,14-15,17-18H2,1-5H3,(H,27,30). The molecule has 0 radical (unpaired) electrons. The lowest BCUT2D eigenvalue weighted by Crippen LogP contribution is -2.51. The molecule has 0 saturated carbocycles. The molecule has 0 fully saturated rings. The summed E-state index contributed by atoms with van der Waals surface area (Å²) in [6.45, 7) is 11.3. The van der Waals surface area contributed by atoms with Gasteiger partial charge in [-0.2, -0.15) is 0 Å². The van der Waals surface area contributed by atoms with E-state index in [0.29, 0.717) is 31.8 Å². The van der Waals surface area contributed by atoms with Crippen LogP contribution in [0.4, 0.5) is 0 Å². The van der Waals surface area contributed by atoms with Gasteiger partial charge in [0.1, 0.15) is 6.04 Å². The first kappa shape index (κ1) is 23.7. The summed E-state index contributed by atoms with van der Waals surface area (Å²) in [6, 6.07) is 15.9. The second-order valence-electron chi connectivity index (χ2n) is 8.49. The Hall–Kier alpha value is -2.62. The average molecular weight is 409 g/mol. The molecule has 2 amide bonds. The van der Waals surface area contributed by atoms with Crippen LogP contribution in [0.2, 0.25) is 0 Å². The minimum Gasteiger partial charge on any atom is -0.354 e. The van der Waals surface area contributed by atoms with E-state index in [1.54, 1.807) is 4.90 Å². The van der Waals surface area contributed by atoms with E-state index in [1.165, 1.54) is 5.56 Å². The molecule has 162 valence electrons. The number of hydrogen-bond acceptors (Lipinski definition) is 2. The van der Waals surface area contributed by atoms with Gasteiger partial charge in [0.15, 0.2) is 0 Å². The van der Waals surface area contributed by atoms with Crippen LogP contribution >= 0.6 is 0 Å². The van der Waals surface area contributed by atoms with Crippen LogP contribution in [0.5, 0.6) is 0 Å². The number of amides is 2. The molecule has 1 N–H and O–H groups in total. The minimum absolute atomic E-state index is 0.00572. The Morgan fingerprint density at radius 1 is 1.03 bits per heavy atom. The predicted octanol–water partition coefficient (Wildman–Crippen LogP) is 4.47. The zero-order valence-electron chi connectivity index (χ0n) is 19.1. The lowest BCUT2D eigenvalue weighted by Gasteiger charge is -2.31. The molecule has 4 heteroatoms. The van der Waals surface area contributed by atoms with Gasteiger partial charge in [0, 0.05) is 13.1 Å². The minimum atomic E-state index is -0.454. The summed E-state index contributed by atoms with van der Waals surface area (Å²) in [6.07, 6.45) is 1.64. The van der Waals surface area contributed by atoms with Crippen molar-refractivity contribution in [1.82, 2.24) is 10.2 Å². The molecule has 0 spiro atoms.